The minimum absolute atomic E-state index is 0.206. The lowest BCUT2D eigenvalue weighted by atomic mass is 10.1. The Morgan fingerprint density at radius 2 is 2.10 bits per heavy atom. The molecule has 1 unspecified atom stereocenters. The lowest BCUT2D eigenvalue weighted by Gasteiger charge is -2.28. The van der Waals surface area contributed by atoms with Crippen LogP contribution in [0.5, 0.6) is 0 Å². The highest BCUT2D eigenvalue weighted by molar-refractivity contribution is 5.37. The van der Waals surface area contributed by atoms with Crippen LogP contribution in [0.15, 0.2) is 18.2 Å². The molecule has 0 aliphatic carbocycles. The van der Waals surface area contributed by atoms with Crippen molar-refractivity contribution in [2.45, 2.75) is 52.6 Å². The molecule has 0 saturated carbocycles. The summed E-state index contributed by atoms with van der Waals surface area (Å²) in [5, 5.41) is 8.67. The van der Waals surface area contributed by atoms with Gasteiger partial charge in [0.1, 0.15) is 12.4 Å². The summed E-state index contributed by atoms with van der Waals surface area (Å²) in [5.41, 5.74) is 1.31. The second-order valence-corrected chi connectivity index (χ2v) is 5.35. The molecular weight excluding hydrogens is 265 g/mol. The number of rotatable bonds is 7. The predicted molar refractivity (Wildman–Crippen MR) is 85.4 cm³/mol. The van der Waals surface area contributed by atoms with Gasteiger partial charge in [0.2, 0.25) is 0 Å². The van der Waals surface area contributed by atoms with Crippen molar-refractivity contribution in [3.8, 4) is 11.8 Å². The molecule has 0 aromatic heterocycles. The Morgan fingerprint density at radius 3 is 2.67 bits per heavy atom. The fourth-order valence-corrected chi connectivity index (χ4v) is 2.19. The zero-order chi connectivity index (χ0) is 15.7. The summed E-state index contributed by atoms with van der Waals surface area (Å²) in [6.07, 6.45) is 3.34. The van der Waals surface area contributed by atoms with Gasteiger partial charge in [0.15, 0.2) is 0 Å². The normalized spacial score (nSPS) is 12.1. The van der Waals surface area contributed by atoms with Crippen LogP contribution in [-0.4, -0.2) is 29.2 Å². The first-order valence-corrected chi connectivity index (χ1v) is 7.74. The molecule has 1 aromatic rings. The van der Waals surface area contributed by atoms with Crippen molar-refractivity contribution in [3.63, 3.8) is 0 Å². The van der Waals surface area contributed by atoms with E-state index in [1.165, 1.54) is 6.07 Å². The van der Waals surface area contributed by atoms with Gasteiger partial charge in [-0.25, -0.2) is 4.39 Å². The van der Waals surface area contributed by atoms with Crippen LogP contribution in [0.1, 0.15) is 51.2 Å². The molecule has 1 aromatic carbocycles. The maximum atomic E-state index is 14.2. The van der Waals surface area contributed by atoms with E-state index >= 15 is 0 Å². The molecule has 0 heterocycles. The highest BCUT2D eigenvalue weighted by atomic mass is 19.1. The number of hydrogen-bond acceptors (Lipinski definition) is 2. The van der Waals surface area contributed by atoms with Crippen molar-refractivity contribution in [2.24, 2.45) is 0 Å². The van der Waals surface area contributed by atoms with Gasteiger partial charge in [-0.2, -0.15) is 0 Å². The van der Waals surface area contributed by atoms with Crippen LogP contribution in [0.2, 0.25) is 0 Å². The van der Waals surface area contributed by atoms with Crippen LogP contribution in [0.3, 0.4) is 0 Å². The molecule has 3 heteroatoms. The van der Waals surface area contributed by atoms with Gasteiger partial charge in [0.25, 0.3) is 0 Å². The molecule has 116 valence electrons. The standard InChI is InChI=1S/C18H26FNO/c1-4-6-11-20(15(3)5-2)14-17-10-9-16(8-7-12-21)13-18(17)19/h9-10,13,15,21H,4-6,11-12,14H2,1-3H3. The summed E-state index contributed by atoms with van der Waals surface area (Å²) < 4.78 is 14.2. The fourth-order valence-electron chi connectivity index (χ4n) is 2.19. The van der Waals surface area contributed by atoms with Gasteiger partial charge in [-0.3, -0.25) is 4.90 Å². The summed E-state index contributed by atoms with van der Waals surface area (Å²) in [6, 6.07) is 5.52. The molecule has 1 atom stereocenters. The van der Waals surface area contributed by atoms with Crippen LogP contribution in [0.4, 0.5) is 4.39 Å². The van der Waals surface area contributed by atoms with Crippen molar-refractivity contribution in [1.82, 2.24) is 4.90 Å². The fraction of sp³-hybridized carbons (Fsp3) is 0.556. The van der Waals surface area contributed by atoms with Crippen molar-refractivity contribution in [2.75, 3.05) is 13.2 Å². The Bertz CT molecular complexity index is 490. The van der Waals surface area contributed by atoms with Crippen molar-refractivity contribution in [1.29, 1.82) is 0 Å². The molecule has 0 spiro atoms. The molecule has 0 radical (unpaired) electrons. The first-order valence-electron chi connectivity index (χ1n) is 7.74. The Kier molecular flexibility index (Phi) is 8.04. The number of unbranched alkanes of at least 4 members (excludes halogenated alkanes) is 1. The van der Waals surface area contributed by atoms with E-state index in [0.717, 1.165) is 25.8 Å². The molecule has 0 aliphatic heterocycles. The van der Waals surface area contributed by atoms with Crippen LogP contribution < -0.4 is 0 Å². The second kappa shape index (κ2) is 9.55. The SMILES string of the molecule is CCCCN(Cc1ccc(C#CCO)cc1F)C(C)CC. The van der Waals surface area contributed by atoms with Crippen LogP contribution in [0.25, 0.3) is 0 Å². The zero-order valence-electron chi connectivity index (χ0n) is 13.3. The molecule has 0 aliphatic rings. The average molecular weight is 291 g/mol. The minimum atomic E-state index is -0.218. The Morgan fingerprint density at radius 1 is 1.33 bits per heavy atom. The van der Waals surface area contributed by atoms with E-state index in [2.05, 4.69) is 37.5 Å². The molecule has 0 saturated heterocycles. The summed E-state index contributed by atoms with van der Waals surface area (Å²) in [7, 11) is 0. The minimum Gasteiger partial charge on any atom is -0.384 e. The smallest absolute Gasteiger partial charge is 0.128 e. The lowest BCUT2D eigenvalue weighted by molar-refractivity contribution is 0.190. The number of aliphatic hydroxyl groups excluding tert-OH is 1. The molecule has 0 bridgehead atoms. The second-order valence-electron chi connectivity index (χ2n) is 5.35. The van der Waals surface area contributed by atoms with E-state index < -0.39 is 0 Å². The largest absolute Gasteiger partial charge is 0.384 e. The Hall–Kier alpha value is -1.37. The number of nitrogens with zero attached hydrogens (tertiary/aromatic N) is 1. The summed E-state index contributed by atoms with van der Waals surface area (Å²) in [5.74, 6) is 5.05. The predicted octanol–water partition coefficient (Wildman–Crippen LogP) is 3.57. The van der Waals surface area contributed by atoms with E-state index in [-0.39, 0.29) is 12.4 Å². The Labute approximate surface area is 128 Å². The summed E-state index contributed by atoms with van der Waals surface area (Å²) in [4.78, 5) is 2.33. The quantitative estimate of drug-likeness (QED) is 0.776. The van der Waals surface area contributed by atoms with Crippen LogP contribution in [-0.2, 0) is 6.54 Å². The number of halogens is 1. The van der Waals surface area contributed by atoms with Gasteiger partial charge in [0.05, 0.1) is 0 Å². The molecule has 0 fully saturated rings. The third-order valence-corrected chi connectivity index (χ3v) is 3.75. The van der Waals surface area contributed by atoms with E-state index in [9.17, 15) is 4.39 Å². The van der Waals surface area contributed by atoms with Gasteiger partial charge in [-0.05, 0) is 38.4 Å². The van der Waals surface area contributed by atoms with Crippen LogP contribution >= 0.6 is 0 Å². The van der Waals surface area contributed by atoms with Crippen molar-refractivity contribution in [3.05, 3.63) is 35.1 Å². The van der Waals surface area contributed by atoms with E-state index in [1.54, 1.807) is 6.07 Å². The highest BCUT2D eigenvalue weighted by Crippen LogP contribution is 2.16. The third-order valence-electron chi connectivity index (χ3n) is 3.75. The molecule has 21 heavy (non-hydrogen) atoms. The molecule has 1 rings (SSSR count). The maximum absolute atomic E-state index is 14.2. The summed E-state index contributed by atoms with van der Waals surface area (Å²) in [6.45, 7) is 7.94. The van der Waals surface area contributed by atoms with E-state index in [1.807, 2.05) is 6.07 Å². The zero-order valence-corrected chi connectivity index (χ0v) is 13.3. The van der Waals surface area contributed by atoms with Gasteiger partial charge in [0, 0.05) is 23.7 Å². The topological polar surface area (TPSA) is 23.5 Å². The third kappa shape index (κ3) is 5.87. The molecule has 2 nitrogen and oxygen atoms in total. The number of aliphatic hydroxyl groups is 1. The maximum Gasteiger partial charge on any atom is 0.128 e. The van der Waals surface area contributed by atoms with Crippen molar-refractivity contribution >= 4 is 0 Å². The number of hydrogen-bond donors (Lipinski definition) is 1. The monoisotopic (exact) mass is 291 g/mol. The van der Waals surface area contributed by atoms with Crippen molar-refractivity contribution < 1.29 is 9.50 Å². The van der Waals surface area contributed by atoms with Crippen LogP contribution in [0, 0.1) is 17.7 Å². The molecule has 1 N–H and O–H groups in total. The molecule has 0 amide bonds. The van der Waals surface area contributed by atoms with E-state index in [4.69, 9.17) is 5.11 Å². The highest BCUT2D eigenvalue weighted by Gasteiger charge is 2.14. The Balaban J connectivity index is 2.83. The lowest BCUT2D eigenvalue weighted by Crippen LogP contribution is -2.33. The first kappa shape index (κ1) is 17.7. The number of benzene rings is 1. The summed E-state index contributed by atoms with van der Waals surface area (Å²) >= 11 is 0. The average Bonchev–Trinajstić information content (AvgIpc) is 2.50. The van der Waals surface area contributed by atoms with Gasteiger partial charge in [-0.1, -0.05) is 38.2 Å². The van der Waals surface area contributed by atoms with Gasteiger partial charge < -0.3 is 5.11 Å². The van der Waals surface area contributed by atoms with Gasteiger partial charge in [-0.15, -0.1) is 0 Å². The van der Waals surface area contributed by atoms with Gasteiger partial charge >= 0.3 is 0 Å². The molecular formula is C18H26FNO. The van der Waals surface area contributed by atoms with E-state index in [0.29, 0.717) is 23.7 Å². The first-order chi connectivity index (χ1) is 10.1.